The van der Waals surface area contributed by atoms with Gasteiger partial charge in [-0.15, -0.1) is 0 Å². The third kappa shape index (κ3) is 2.80. The number of fused-ring (bicyclic) bond motifs is 1. The molecule has 0 amide bonds. The van der Waals surface area contributed by atoms with E-state index in [0.29, 0.717) is 0 Å². The molecule has 0 N–H and O–H groups in total. The molecule has 1 aromatic carbocycles. The molecule has 0 bridgehead atoms. The third-order valence-corrected chi connectivity index (χ3v) is 3.08. The standard InChI is InChI=1S/C16H21NO2/c1-11-10-13-8-6-7-9-14(13)17(11)12(2)15(18)19-16(3,4)5/h6-10,12H,1-5H3. The lowest BCUT2D eigenvalue weighted by Crippen LogP contribution is -2.29. The molecule has 0 saturated carbocycles. The van der Waals surface area contributed by atoms with Crippen LogP contribution >= 0.6 is 0 Å². The Morgan fingerprint density at radius 1 is 1.26 bits per heavy atom. The van der Waals surface area contributed by atoms with E-state index in [1.54, 1.807) is 0 Å². The van der Waals surface area contributed by atoms with Gasteiger partial charge >= 0.3 is 5.97 Å². The average Bonchev–Trinajstić information content (AvgIpc) is 2.61. The van der Waals surface area contributed by atoms with Gasteiger partial charge in [-0.25, -0.2) is 4.79 Å². The van der Waals surface area contributed by atoms with Gasteiger partial charge in [0, 0.05) is 11.2 Å². The molecule has 102 valence electrons. The van der Waals surface area contributed by atoms with E-state index in [1.807, 2.05) is 57.4 Å². The fourth-order valence-corrected chi connectivity index (χ4v) is 2.32. The minimum Gasteiger partial charge on any atom is -0.458 e. The number of aryl methyl sites for hydroxylation is 1. The highest BCUT2D eigenvalue weighted by molar-refractivity contribution is 5.84. The lowest BCUT2D eigenvalue weighted by atomic mass is 10.2. The molecule has 0 aliphatic carbocycles. The van der Waals surface area contributed by atoms with Crippen LogP contribution in [0.5, 0.6) is 0 Å². The number of carbonyl (C=O) groups excluding carboxylic acids is 1. The van der Waals surface area contributed by atoms with Crippen LogP contribution < -0.4 is 0 Å². The molecular weight excluding hydrogens is 238 g/mol. The van der Waals surface area contributed by atoms with Crippen LogP contribution in [0.2, 0.25) is 0 Å². The molecule has 2 rings (SSSR count). The molecule has 1 atom stereocenters. The highest BCUT2D eigenvalue weighted by Gasteiger charge is 2.24. The summed E-state index contributed by atoms with van der Waals surface area (Å²) in [5, 5.41) is 1.15. The molecule has 2 aromatic rings. The highest BCUT2D eigenvalue weighted by atomic mass is 16.6. The zero-order chi connectivity index (χ0) is 14.2. The fraction of sp³-hybridized carbons (Fsp3) is 0.438. The molecule has 3 nitrogen and oxygen atoms in total. The number of nitrogens with zero attached hydrogens (tertiary/aromatic N) is 1. The topological polar surface area (TPSA) is 31.2 Å². The summed E-state index contributed by atoms with van der Waals surface area (Å²) in [5.41, 5.74) is 1.68. The number of ether oxygens (including phenoxy) is 1. The number of rotatable bonds is 2. The number of aromatic nitrogens is 1. The van der Waals surface area contributed by atoms with Crippen LogP contribution in [0, 0.1) is 6.92 Å². The third-order valence-electron chi connectivity index (χ3n) is 3.08. The lowest BCUT2D eigenvalue weighted by molar-refractivity contribution is -0.158. The Morgan fingerprint density at radius 2 is 1.89 bits per heavy atom. The van der Waals surface area contributed by atoms with Crippen LogP contribution in [0.15, 0.2) is 30.3 Å². The summed E-state index contributed by atoms with van der Waals surface area (Å²) in [6.07, 6.45) is 0. The molecule has 0 spiro atoms. The Hall–Kier alpha value is -1.77. The molecule has 0 aliphatic heterocycles. The van der Waals surface area contributed by atoms with Gasteiger partial charge in [0.1, 0.15) is 11.6 Å². The van der Waals surface area contributed by atoms with Gasteiger partial charge in [-0.05, 0) is 52.1 Å². The lowest BCUT2D eigenvalue weighted by Gasteiger charge is -2.24. The van der Waals surface area contributed by atoms with Crippen molar-refractivity contribution in [2.75, 3.05) is 0 Å². The monoisotopic (exact) mass is 259 g/mol. The van der Waals surface area contributed by atoms with Gasteiger partial charge in [-0.2, -0.15) is 0 Å². The van der Waals surface area contributed by atoms with Crippen molar-refractivity contribution in [2.45, 2.75) is 46.3 Å². The highest BCUT2D eigenvalue weighted by Crippen LogP contribution is 2.25. The molecule has 0 fully saturated rings. The second kappa shape index (κ2) is 4.72. The number of hydrogen-bond acceptors (Lipinski definition) is 2. The fourth-order valence-electron chi connectivity index (χ4n) is 2.32. The van der Waals surface area contributed by atoms with Crippen LogP contribution in [0.4, 0.5) is 0 Å². The van der Waals surface area contributed by atoms with Crippen molar-refractivity contribution >= 4 is 16.9 Å². The Morgan fingerprint density at radius 3 is 2.53 bits per heavy atom. The molecular formula is C16H21NO2. The minimum absolute atomic E-state index is 0.197. The molecule has 0 aliphatic rings. The second-order valence-corrected chi connectivity index (χ2v) is 5.92. The Balaban J connectivity index is 2.39. The van der Waals surface area contributed by atoms with Gasteiger partial charge in [0.05, 0.1) is 0 Å². The van der Waals surface area contributed by atoms with Gasteiger partial charge in [0.2, 0.25) is 0 Å². The predicted octanol–water partition coefficient (Wildman–Crippen LogP) is 3.85. The van der Waals surface area contributed by atoms with Crippen LogP contribution in [-0.2, 0) is 9.53 Å². The first-order chi connectivity index (χ1) is 8.79. The minimum atomic E-state index is -0.456. The van der Waals surface area contributed by atoms with Gasteiger partial charge < -0.3 is 9.30 Å². The van der Waals surface area contributed by atoms with Gasteiger partial charge in [-0.3, -0.25) is 0 Å². The number of carbonyl (C=O) groups is 1. The molecule has 1 heterocycles. The summed E-state index contributed by atoms with van der Waals surface area (Å²) in [7, 11) is 0. The van der Waals surface area contributed by atoms with E-state index in [9.17, 15) is 4.79 Å². The zero-order valence-electron chi connectivity index (χ0n) is 12.2. The van der Waals surface area contributed by atoms with Crippen molar-refractivity contribution < 1.29 is 9.53 Å². The van der Waals surface area contributed by atoms with Crippen molar-refractivity contribution in [3.63, 3.8) is 0 Å². The maximum Gasteiger partial charge on any atom is 0.329 e. The normalized spacial score (nSPS) is 13.5. The van der Waals surface area contributed by atoms with Crippen molar-refractivity contribution in [1.82, 2.24) is 4.57 Å². The quantitative estimate of drug-likeness (QED) is 0.767. The molecule has 19 heavy (non-hydrogen) atoms. The summed E-state index contributed by atoms with van der Waals surface area (Å²) in [6, 6.07) is 9.85. The van der Waals surface area contributed by atoms with Crippen LogP contribution in [0.1, 0.15) is 39.4 Å². The van der Waals surface area contributed by atoms with Crippen LogP contribution in [0.25, 0.3) is 10.9 Å². The summed E-state index contributed by atoms with van der Waals surface area (Å²) in [6.45, 7) is 9.56. The van der Waals surface area contributed by atoms with E-state index >= 15 is 0 Å². The van der Waals surface area contributed by atoms with Gasteiger partial charge in [0.15, 0.2) is 0 Å². The average molecular weight is 259 g/mol. The Bertz CT molecular complexity index is 605. The molecule has 0 radical (unpaired) electrons. The predicted molar refractivity (Wildman–Crippen MR) is 77.2 cm³/mol. The maximum atomic E-state index is 12.2. The summed E-state index contributed by atoms with van der Waals surface area (Å²) >= 11 is 0. The Labute approximate surface area is 114 Å². The van der Waals surface area contributed by atoms with Gasteiger partial charge in [-0.1, -0.05) is 18.2 Å². The zero-order valence-corrected chi connectivity index (χ0v) is 12.2. The van der Waals surface area contributed by atoms with E-state index < -0.39 is 5.60 Å². The van der Waals surface area contributed by atoms with Crippen molar-refractivity contribution in [1.29, 1.82) is 0 Å². The van der Waals surface area contributed by atoms with Crippen molar-refractivity contribution in [3.05, 3.63) is 36.0 Å². The van der Waals surface area contributed by atoms with Crippen molar-refractivity contribution in [2.24, 2.45) is 0 Å². The van der Waals surface area contributed by atoms with Gasteiger partial charge in [0.25, 0.3) is 0 Å². The van der Waals surface area contributed by atoms with E-state index in [2.05, 4.69) is 12.1 Å². The second-order valence-electron chi connectivity index (χ2n) is 5.92. The summed E-state index contributed by atoms with van der Waals surface area (Å²) in [4.78, 5) is 12.2. The Kier molecular flexibility index (Phi) is 3.40. The van der Waals surface area contributed by atoms with E-state index in [4.69, 9.17) is 4.74 Å². The smallest absolute Gasteiger partial charge is 0.329 e. The van der Waals surface area contributed by atoms with E-state index in [1.165, 1.54) is 0 Å². The summed E-state index contributed by atoms with van der Waals surface area (Å²) < 4.78 is 7.50. The van der Waals surface area contributed by atoms with E-state index in [-0.39, 0.29) is 12.0 Å². The molecule has 1 aromatic heterocycles. The van der Waals surface area contributed by atoms with Crippen LogP contribution in [-0.4, -0.2) is 16.1 Å². The number of hydrogen-bond donors (Lipinski definition) is 0. The van der Waals surface area contributed by atoms with Crippen molar-refractivity contribution in [3.8, 4) is 0 Å². The summed E-state index contributed by atoms with van der Waals surface area (Å²) in [5.74, 6) is -0.197. The largest absolute Gasteiger partial charge is 0.458 e. The number of para-hydroxylation sites is 1. The first-order valence-electron chi connectivity index (χ1n) is 6.59. The SMILES string of the molecule is Cc1cc2ccccc2n1C(C)C(=O)OC(C)(C)C. The maximum absolute atomic E-state index is 12.2. The first kappa shape index (κ1) is 13.7. The number of esters is 1. The molecule has 1 unspecified atom stereocenters. The number of benzene rings is 1. The first-order valence-corrected chi connectivity index (χ1v) is 6.59. The van der Waals surface area contributed by atoms with E-state index in [0.717, 1.165) is 16.6 Å². The van der Waals surface area contributed by atoms with Crippen LogP contribution in [0.3, 0.4) is 0 Å². The molecule has 0 saturated heterocycles. The molecule has 3 heteroatoms.